The molecule has 0 spiro atoms. The van der Waals surface area contributed by atoms with Crippen molar-refractivity contribution < 1.29 is 0 Å². The van der Waals surface area contributed by atoms with E-state index in [4.69, 9.17) is 5.73 Å². The van der Waals surface area contributed by atoms with Gasteiger partial charge < -0.3 is 5.73 Å². The van der Waals surface area contributed by atoms with E-state index in [1.165, 1.54) is 0 Å². The van der Waals surface area contributed by atoms with Gasteiger partial charge in [-0.25, -0.2) is 4.52 Å². The smallest absolute Gasteiger partial charge is 0.240 e. The van der Waals surface area contributed by atoms with Crippen LogP contribution in [0.15, 0.2) is 48.9 Å². The molecule has 0 aliphatic heterocycles. The Balaban J connectivity index is 2.00. The van der Waals surface area contributed by atoms with Crippen LogP contribution in [-0.2, 0) is 0 Å². The lowest BCUT2D eigenvalue weighted by atomic mass is 10.1. The molecule has 0 aliphatic rings. The highest BCUT2D eigenvalue weighted by Gasteiger charge is 2.10. The van der Waals surface area contributed by atoms with Crippen molar-refractivity contribution in [3.05, 3.63) is 48.9 Å². The Morgan fingerprint density at radius 1 is 1.10 bits per heavy atom. The zero-order chi connectivity index (χ0) is 13.5. The summed E-state index contributed by atoms with van der Waals surface area (Å²) in [5, 5.41) is 5.14. The molecule has 0 radical (unpaired) electrons. The summed E-state index contributed by atoms with van der Waals surface area (Å²) in [6, 6.07) is 9.98. The molecule has 6 heteroatoms. The van der Waals surface area contributed by atoms with Crippen LogP contribution in [-0.4, -0.2) is 24.6 Å². The number of nitrogen functional groups attached to an aromatic ring is 1. The molecule has 4 aromatic rings. The minimum absolute atomic E-state index is 0.230. The molecule has 20 heavy (non-hydrogen) atoms. The van der Waals surface area contributed by atoms with Gasteiger partial charge in [-0.3, -0.25) is 9.97 Å². The quantitative estimate of drug-likeness (QED) is 0.566. The first-order valence-corrected chi connectivity index (χ1v) is 6.13. The lowest BCUT2D eigenvalue weighted by molar-refractivity contribution is 0.954. The summed E-state index contributed by atoms with van der Waals surface area (Å²) >= 11 is 0. The van der Waals surface area contributed by atoms with Crippen LogP contribution in [0.4, 0.5) is 5.95 Å². The number of nitrogens with two attached hydrogens (primary N) is 1. The van der Waals surface area contributed by atoms with E-state index in [2.05, 4.69) is 20.1 Å². The first kappa shape index (κ1) is 10.9. The van der Waals surface area contributed by atoms with Crippen molar-refractivity contribution in [2.45, 2.75) is 0 Å². The number of fused-ring (bicyclic) bond motifs is 2. The molecule has 0 unspecified atom stereocenters. The fraction of sp³-hybridized carbons (Fsp3) is 0. The molecule has 0 fully saturated rings. The third kappa shape index (κ3) is 1.58. The van der Waals surface area contributed by atoms with Gasteiger partial charge in [-0.1, -0.05) is 18.2 Å². The third-order valence-electron chi connectivity index (χ3n) is 3.13. The molecule has 0 aliphatic carbocycles. The fourth-order valence-corrected chi connectivity index (χ4v) is 2.24. The Bertz CT molecular complexity index is 927. The Hall–Kier alpha value is -3.02. The minimum atomic E-state index is 0.230. The number of para-hydroxylation sites is 1. The molecule has 0 saturated carbocycles. The van der Waals surface area contributed by atoms with Crippen LogP contribution in [0.2, 0.25) is 0 Å². The van der Waals surface area contributed by atoms with E-state index in [1.807, 2.05) is 30.3 Å². The molecule has 0 atom stereocenters. The van der Waals surface area contributed by atoms with Gasteiger partial charge in [0.2, 0.25) is 5.95 Å². The highest BCUT2D eigenvalue weighted by Crippen LogP contribution is 2.23. The number of nitrogens with zero attached hydrogens (tertiary/aromatic N) is 5. The van der Waals surface area contributed by atoms with Gasteiger partial charge in [0.05, 0.1) is 5.52 Å². The number of benzene rings is 1. The maximum Gasteiger partial charge on any atom is 0.240 e. The van der Waals surface area contributed by atoms with Crippen molar-refractivity contribution in [2.75, 3.05) is 5.73 Å². The number of hydrogen-bond acceptors (Lipinski definition) is 5. The van der Waals surface area contributed by atoms with Gasteiger partial charge in [-0.05, 0) is 12.1 Å². The lowest BCUT2D eigenvalue weighted by Crippen LogP contribution is -1.93. The topological polar surface area (TPSA) is 82.0 Å². The maximum absolute atomic E-state index is 5.64. The number of pyridine rings is 1. The number of aromatic nitrogens is 5. The van der Waals surface area contributed by atoms with Gasteiger partial charge in [0.1, 0.15) is 5.69 Å². The summed E-state index contributed by atoms with van der Waals surface area (Å²) in [7, 11) is 0. The molecule has 0 bridgehead atoms. The minimum Gasteiger partial charge on any atom is -0.366 e. The van der Waals surface area contributed by atoms with Crippen molar-refractivity contribution in [3.8, 4) is 11.3 Å². The van der Waals surface area contributed by atoms with Crippen LogP contribution in [0, 0.1) is 0 Å². The molecule has 96 valence electrons. The molecule has 3 heterocycles. The summed E-state index contributed by atoms with van der Waals surface area (Å²) in [6.07, 6.45) is 5.18. The van der Waals surface area contributed by atoms with E-state index in [0.717, 1.165) is 22.2 Å². The zero-order valence-corrected chi connectivity index (χ0v) is 10.4. The van der Waals surface area contributed by atoms with Crippen LogP contribution < -0.4 is 5.73 Å². The van der Waals surface area contributed by atoms with Crippen LogP contribution in [0.1, 0.15) is 0 Å². The highest BCUT2D eigenvalue weighted by atomic mass is 15.3. The van der Waals surface area contributed by atoms with E-state index < -0.39 is 0 Å². The second-order valence-electron chi connectivity index (χ2n) is 4.43. The highest BCUT2D eigenvalue weighted by molar-refractivity contribution is 5.85. The Kier molecular flexibility index (Phi) is 2.17. The van der Waals surface area contributed by atoms with E-state index in [-0.39, 0.29) is 5.95 Å². The number of rotatable bonds is 1. The monoisotopic (exact) mass is 262 g/mol. The van der Waals surface area contributed by atoms with E-state index in [0.29, 0.717) is 5.65 Å². The normalized spacial score (nSPS) is 11.2. The van der Waals surface area contributed by atoms with Gasteiger partial charge in [-0.2, -0.15) is 4.98 Å². The van der Waals surface area contributed by atoms with E-state index in [1.54, 1.807) is 23.1 Å². The van der Waals surface area contributed by atoms with Crippen molar-refractivity contribution in [1.82, 2.24) is 24.6 Å². The Morgan fingerprint density at radius 2 is 2.00 bits per heavy atom. The molecule has 4 rings (SSSR count). The van der Waals surface area contributed by atoms with Crippen molar-refractivity contribution in [2.24, 2.45) is 0 Å². The number of anilines is 1. The van der Waals surface area contributed by atoms with Crippen LogP contribution >= 0.6 is 0 Å². The summed E-state index contributed by atoms with van der Waals surface area (Å²) in [4.78, 5) is 13.0. The average Bonchev–Trinajstić information content (AvgIpc) is 2.86. The average molecular weight is 262 g/mol. The van der Waals surface area contributed by atoms with Crippen molar-refractivity contribution in [3.63, 3.8) is 0 Å². The molecule has 0 saturated heterocycles. The molecule has 2 N–H and O–H groups in total. The van der Waals surface area contributed by atoms with Crippen molar-refractivity contribution >= 4 is 22.5 Å². The lowest BCUT2D eigenvalue weighted by Gasteiger charge is -2.03. The van der Waals surface area contributed by atoms with Gasteiger partial charge in [-0.15, -0.1) is 5.10 Å². The predicted octanol–water partition coefficient (Wildman–Crippen LogP) is 1.92. The second kappa shape index (κ2) is 3.99. The summed E-state index contributed by atoms with van der Waals surface area (Å²) < 4.78 is 1.62. The number of hydrogen-bond donors (Lipinski definition) is 1. The van der Waals surface area contributed by atoms with E-state index >= 15 is 0 Å². The summed E-state index contributed by atoms with van der Waals surface area (Å²) in [5.74, 6) is 0.230. The third-order valence-corrected chi connectivity index (χ3v) is 3.13. The molecule has 0 amide bonds. The predicted molar refractivity (Wildman–Crippen MR) is 75.9 cm³/mol. The zero-order valence-electron chi connectivity index (χ0n) is 10.4. The fourth-order valence-electron chi connectivity index (χ4n) is 2.24. The summed E-state index contributed by atoms with van der Waals surface area (Å²) in [6.45, 7) is 0. The maximum atomic E-state index is 5.64. The van der Waals surface area contributed by atoms with Crippen molar-refractivity contribution in [1.29, 1.82) is 0 Å². The molecule has 3 aromatic heterocycles. The van der Waals surface area contributed by atoms with Crippen LogP contribution in [0.3, 0.4) is 0 Å². The Morgan fingerprint density at radius 3 is 2.95 bits per heavy atom. The molecule has 1 aromatic carbocycles. The summed E-state index contributed by atoms with van der Waals surface area (Å²) in [5.41, 5.74) is 8.82. The standard InChI is InChI=1S/C14H10N6/c15-14-18-13-12(16-5-6-20(13)19-14)10-7-9-3-1-2-4-11(9)17-8-10/h1-8H,(H2,15,19). The largest absolute Gasteiger partial charge is 0.366 e. The first-order valence-electron chi connectivity index (χ1n) is 6.13. The molecular weight excluding hydrogens is 252 g/mol. The van der Waals surface area contributed by atoms with Gasteiger partial charge in [0, 0.05) is 29.5 Å². The van der Waals surface area contributed by atoms with Gasteiger partial charge in [0.25, 0.3) is 0 Å². The Labute approximate surface area is 113 Å². The molecular formula is C14H10N6. The van der Waals surface area contributed by atoms with Crippen LogP contribution in [0.25, 0.3) is 27.8 Å². The molecule has 6 nitrogen and oxygen atoms in total. The second-order valence-corrected chi connectivity index (χ2v) is 4.43. The first-order chi connectivity index (χ1) is 9.81. The SMILES string of the molecule is Nc1nc2c(-c3cnc4ccccc4c3)nccn2n1. The van der Waals surface area contributed by atoms with Crippen LogP contribution in [0.5, 0.6) is 0 Å². The van der Waals surface area contributed by atoms with Gasteiger partial charge in [0.15, 0.2) is 5.65 Å². The van der Waals surface area contributed by atoms with E-state index in [9.17, 15) is 0 Å². The van der Waals surface area contributed by atoms with Gasteiger partial charge >= 0.3 is 0 Å².